The van der Waals surface area contributed by atoms with Crippen LogP contribution < -0.4 is 21.7 Å². The van der Waals surface area contributed by atoms with Crippen LogP contribution >= 0.6 is 0 Å². The van der Waals surface area contributed by atoms with Gasteiger partial charge in [-0.3, -0.25) is 19.9 Å². The van der Waals surface area contributed by atoms with Gasteiger partial charge >= 0.3 is 6.09 Å². The van der Waals surface area contributed by atoms with E-state index in [0.29, 0.717) is 43.1 Å². The second-order valence-electron chi connectivity index (χ2n) is 9.65. The van der Waals surface area contributed by atoms with Gasteiger partial charge in [0, 0.05) is 29.8 Å². The van der Waals surface area contributed by atoms with Gasteiger partial charge in [0.1, 0.15) is 0 Å². The van der Waals surface area contributed by atoms with Crippen molar-refractivity contribution in [1.29, 1.82) is 0 Å². The fourth-order valence-corrected chi connectivity index (χ4v) is 4.93. The van der Waals surface area contributed by atoms with Crippen molar-refractivity contribution in [2.24, 2.45) is 17.6 Å². The van der Waals surface area contributed by atoms with Crippen LogP contribution in [-0.4, -0.2) is 36.5 Å². The minimum atomic E-state index is -0.595. The van der Waals surface area contributed by atoms with E-state index in [-0.39, 0.29) is 23.8 Å². The number of nitrogens with one attached hydrogen (secondary N) is 3. The van der Waals surface area contributed by atoms with Gasteiger partial charge in [-0.25, -0.2) is 4.79 Å². The molecule has 2 aromatic rings. The summed E-state index contributed by atoms with van der Waals surface area (Å²) in [6.45, 7) is 0.678. The van der Waals surface area contributed by atoms with Crippen molar-refractivity contribution in [2.45, 2.75) is 51.0 Å². The zero-order chi connectivity index (χ0) is 26.2. The molecule has 37 heavy (non-hydrogen) atoms. The molecule has 9 nitrogen and oxygen atoms in total. The molecule has 0 unspecified atom stereocenters. The van der Waals surface area contributed by atoms with E-state index in [4.69, 9.17) is 5.73 Å². The van der Waals surface area contributed by atoms with E-state index in [9.17, 15) is 14.4 Å². The molecule has 1 atom stereocenters. The molecule has 196 valence electrons. The number of benzene rings is 1. The number of anilines is 2. The lowest BCUT2D eigenvalue weighted by Gasteiger charge is -2.28. The average Bonchev–Trinajstić information content (AvgIpc) is 2.92. The van der Waals surface area contributed by atoms with Gasteiger partial charge in [-0.05, 0) is 80.8 Å². The smallest absolute Gasteiger partial charge is 0.411 e. The number of pyridine rings is 1. The first kappa shape index (κ1) is 26.3. The molecular formula is C28H35N5O4. The molecule has 9 heteroatoms. The Balaban J connectivity index is 1.63. The molecule has 0 spiro atoms. The minimum absolute atomic E-state index is 0.0113. The van der Waals surface area contributed by atoms with Gasteiger partial charge in [-0.1, -0.05) is 18.2 Å². The first-order chi connectivity index (χ1) is 18.0. The molecule has 1 aromatic carbocycles. The Morgan fingerprint density at radius 3 is 2.70 bits per heavy atom. The number of fused-ring (bicyclic) bond motifs is 4. The van der Waals surface area contributed by atoms with Crippen molar-refractivity contribution in [2.75, 3.05) is 24.3 Å². The molecule has 1 aromatic heterocycles. The Kier molecular flexibility index (Phi) is 8.90. The highest BCUT2D eigenvalue weighted by Gasteiger charge is 2.27. The summed E-state index contributed by atoms with van der Waals surface area (Å²) in [6, 6.07) is 8.81. The van der Waals surface area contributed by atoms with Crippen LogP contribution in [0.25, 0.3) is 11.1 Å². The molecule has 1 saturated carbocycles. The monoisotopic (exact) mass is 505 g/mol. The molecule has 5 N–H and O–H groups in total. The van der Waals surface area contributed by atoms with Crippen LogP contribution in [0.4, 0.5) is 16.2 Å². The fourth-order valence-electron chi connectivity index (χ4n) is 4.93. The fraction of sp³-hybridized carbons (Fsp3) is 0.429. The largest absolute Gasteiger partial charge is 0.453 e. The predicted molar refractivity (Wildman–Crippen MR) is 143 cm³/mol. The van der Waals surface area contributed by atoms with Crippen LogP contribution in [0.15, 0.2) is 48.7 Å². The summed E-state index contributed by atoms with van der Waals surface area (Å²) in [6.07, 6.45) is 10.2. The molecule has 2 aliphatic rings. The van der Waals surface area contributed by atoms with E-state index < -0.39 is 6.09 Å². The second kappa shape index (κ2) is 12.5. The van der Waals surface area contributed by atoms with E-state index in [1.807, 2.05) is 30.4 Å². The van der Waals surface area contributed by atoms with Gasteiger partial charge in [0.05, 0.1) is 24.5 Å². The molecule has 1 fully saturated rings. The molecule has 0 saturated heterocycles. The predicted octanol–water partition coefficient (Wildman–Crippen LogP) is 4.53. The summed E-state index contributed by atoms with van der Waals surface area (Å²) < 4.78 is 4.69. The lowest BCUT2D eigenvalue weighted by molar-refractivity contribution is -0.127. The molecular weight excluding hydrogens is 470 g/mol. The number of aromatic nitrogens is 1. The third-order valence-corrected chi connectivity index (χ3v) is 7.12. The molecule has 2 bridgehead atoms. The number of rotatable bonds is 4. The average molecular weight is 506 g/mol. The third-order valence-electron chi connectivity index (χ3n) is 7.12. The van der Waals surface area contributed by atoms with E-state index in [1.165, 1.54) is 7.11 Å². The van der Waals surface area contributed by atoms with Gasteiger partial charge in [0.15, 0.2) is 0 Å². The number of nitrogens with two attached hydrogens (primary N) is 1. The summed E-state index contributed by atoms with van der Waals surface area (Å²) in [7, 11) is 1.29. The Morgan fingerprint density at radius 2 is 1.95 bits per heavy atom. The maximum absolute atomic E-state index is 13.2. The molecule has 4 rings (SSSR count). The standard InChI is InChI=1S/C28H35N5O4/c1-37-28(36)31-21-11-12-22-20-13-14-30-25(15-20)23(5-3-2-4-6-26(34)32-24(22)16-21)33-27(35)19-9-7-18(17-29)8-10-19/h2-3,11-16,18-19,23H,4-10,17,29H2,1H3,(H,31,36)(H,32,34)(H,33,35)/b3-2+/t18-,19-,23-/m0/s1. The van der Waals surface area contributed by atoms with Crippen LogP contribution in [0.3, 0.4) is 0 Å². The van der Waals surface area contributed by atoms with Crippen LogP contribution in [0.2, 0.25) is 0 Å². The SMILES string of the molecule is COC(=O)Nc1ccc2c(c1)NC(=O)CC/C=C/C[C@H](NC(=O)[C@H]1CC[C@H](CN)CC1)c1cc-2ccn1. The number of carbonyl (C=O) groups excluding carboxylic acids is 3. The normalized spacial score (nSPS) is 22.6. The maximum Gasteiger partial charge on any atom is 0.411 e. The molecule has 0 radical (unpaired) electrons. The number of allylic oxidation sites excluding steroid dienone is 1. The highest BCUT2D eigenvalue weighted by Crippen LogP contribution is 2.33. The van der Waals surface area contributed by atoms with E-state index in [2.05, 4.69) is 25.7 Å². The van der Waals surface area contributed by atoms with Gasteiger partial charge in [-0.15, -0.1) is 0 Å². The van der Waals surface area contributed by atoms with Crippen molar-refractivity contribution in [1.82, 2.24) is 10.3 Å². The number of methoxy groups -OCH3 is 1. The van der Waals surface area contributed by atoms with Crippen molar-refractivity contribution in [3.63, 3.8) is 0 Å². The summed E-state index contributed by atoms with van der Waals surface area (Å²) in [5.41, 5.74) is 9.26. The zero-order valence-corrected chi connectivity index (χ0v) is 21.2. The zero-order valence-electron chi connectivity index (χ0n) is 21.2. The summed E-state index contributed by atoms with van der Waals surface area (Å²) in [5, 5.41) is 8.85. The Hall–Kier alpha value is -3.72. The lowest BCUT2D eigenvalue weighted by Crippen LogP contribution is -2.36. The van der Waals surface area contributed by atoms with Crippen molar-refractivity contribution >= 4 is 29.3 Å². The van der Waals surface area contributed by atoms with Crippen LogP contribution in [0, 0.1) is 11.8 Å². The number of nitrogens with zero attached hydrogens (tertiary/aromatic N) is 1. The summed E-state index contributed by atoms with van der Waals surface area (Å²) >= 11 is 0. The number of hydrogen-bond acceptors (Lipinski definition) is 6. The van der Waals surface area contributed by atoms with Crippen molar-refractivity contribution in [3.05, 3.63) is 54.4 Å². The topological polar surface area (TPSA) is 135 Å². The van der Waals surface area contributed by atoms with E-state index in [1.54, 1.807) is 18.3 Å². The van der Waals surface area contributed by atoms with E-state index in [0.717, 1.165) is 42.5 Å². The van der Waals surface area contributed by atoms with Crippen LogP contribution in [0.1, 0.15) is 56.7 Å². The Labute approximate surface area is 217 Å². The number of ether oxygens (including phenoxy) is 1. The molecule has 1 aliphatic heterocycles. The second-order valence-corrected chi connectivity index (χ2v) is 9.65. The van der Waals surface area contributed by atoms with E-state index >= 15 is 0 Å². The minimum Gasteiger partial charge on any atom is -0.453 e. The van der Waals surface area contributed by atoms with Gasteiger partial charge in [0.2, 0.25) is 11.8 Å². The molecule has 3 amide bonds. The maximum atomic E-state index is 13.2. The number of amides is 3. The Morgan fingerprint density at radius 1 is 1.14 bits per heavy atom. The van der Waals surface area contributed by atoms with Gasteiger partial charge in [0.25, 0.3) is 0 Å². The van der Waals surface area contributed by atoms with Gasteiger partial charge < -0.3 is 21.1 Å². The number of hydrogen-bond donors (Lipinski definition) is 4. The van der Waals surface area contributed by atoms with Crippen LogP contribution in [-0.2, 0) is 14.3 Å². The van der Waals surface area contributed by atoms with Crippen LogP contribution in [0.5, 0.6) is 0 Å². The summed E-state index contributed by atoms with van der Waals surface area (Å²) in [5.74, 6) is 0.423. The Bertz CT molecular complexity index is 1160. The highest BCUT2D eigenvalue weighted by atomic mass is 16.5. The quantitative estimate of drug-likeness (QED) is 0.451. The first-order valence-corrected chi connectivity index (χ1v) is 12.9. The van der Waals surface area contributed by atoms with Crippen molar-refractivity contribution < 1.29 is 19.1 Å². The highest BCUT2D eigenvalue weighted by molar-refractivity contribution is 5.97. The van der Waals surface area contributed by atoms with Gasteiger partial charge in [-0.2, -0.15) is 0 Å². The summed E-state index contributed by atoms with van der Waals surface area (Å²) in [4.78, 5) is 42.1. The lowest BCUT2D eigenvalue weighted by atomic mass is 9.81. The molecule has 2 heterocycles. The third kappa shape index (κ3) is 6.95. The van der Waals surface area contributed by atoms with Crippen molar-refractivity contribution in [3.8, 4) is 11.1 Å². The molecule has 1 aliphatic carbocycles. The number of carbonyl (C=O) groups is 3. The first-order valence-electron chi connectivity index (χ1n) is 12.9.